The van der Waals surface area contributed by atoms with Gasteiger partial charge in [0.15, 0.2) is 5.65 Å². The van der Waals surface area contributed by atoms with Crippen LogP contribution >= 0.6 is 0 Å². The summed E-state index contributed by atoms with van der Waals surface area (Å²) < 4.78 is 35.8. The highest BCUT2D eigenvalue weighted by atomic mass is 19.3. The van der Waals surface area contributed by atoms with E-state index in [-0.39, 0.29) is 35.7 Å². The van der Waals surface area contributed by atoms with Crippen LogP contribution in [0.25, 0.3) is 5.65 Å². The molecule has 2 aliphatic rings. The number of hydrogen-bond donors (Lipinski definition) is 3. The average Bonchev–Trinajstić information content (AvgIpc) is 3.27. The van der Waals surface area contributed by atoms with Gasteiger partial charge < -0.3 is 25.3 Å². The molecule has 180 valence electrons. The first-order valence-corrected chi connectivity index (χ1v) is 11.2. The third-order valence-electron chi connectivity index (χ3n) is 6.38. The van der Waals surface area contributed by atoms with Crippen LogP contribution in [0.1, 0.15) is 42.1 Å². The molecule has 3 N–H and O–H groups in total. The SMILES string of the molecule is CNc1cc(Nc2cccn(C3CCOCC3)c2=O)nc2c(C(=O)NC3CCC3(F)F)cnn12. The van der Waals surface area contributed by atoms with Crippen LogP contribution < -0.4 is 21.5 Å². The second-order valence-corrected chi connectivity index (χ2v) is 8.50. The van der Waals surface area contributed by atoms with Crippen LogP contribution in [-0.4, -0.2) is 57.3 Å². The number of nitrogens with zero attached hydrogens (tertiary/aromatic N) is 4. The van der Waals surface area contributed by atoms with Gasteiger partial charge in [-0.15, -0.1) is 0 Å². The number of amides is 1. The minimum atomic E-state index is -2.91. The van der Waals surface area contributed by atoms with Gasteiger partial charge >= 0.3 is 0 Å². The summed E-state index contributed by atoms with van der Waals surface area (Å²) in [5, 5.41) is 12.6. The van der Waals surface area contributed by atoms with E-state index in [0.717, 1.165) is 12.8 Å². The number of carbonyl (C=O) groups is 1. The van der Waals surface area contributed by atoms with Crippen LogP contribution in [0.5, 0.6) is 0 Å². The molecule has 4 heterocycles. The minimum absolute atomic E-state index is 0.0565. The highest BCUT2D eigenvalue weighted by Gasteiger charge is 2.49. The van der Waals surface area contributed by atoms with E-state index in [1.165, 1.54) is 10.7 Å². The van der Waals surface area contributed by atoms with Crippen LogP contribution in [0.2, 0.25) is 0 Å². The lowest BCUT2D eigenvalue weighted by Crippen LogP contribution is -2.55. The van der Waals surface area contributed by atoms with Crippen molar-refractivity contribution in [1.29, 1.82) is 0 Å². The van der Waals surface area contributed by atoms with Crippen LogP contribution in [0, 0.1) is 0 Å². The van der Waals surface area contributed by atoms with Gasteiger partial charge in [0.1, 0.15) is 22.9 Å². The highest BCUT2D eigenvalue weighted by Crippen LogP contribution is 2.37. The summed E-state index contributed by atoms with van der Waals surface area (Å²) in [5.74, 6) is -2.77. The van der Waals surface area contributed by atoms with Crippen molar-refractivity contribution >= 4 is 28.9 Å². The van der Waals surface area contributed by atoms with Crippen LogP contribution in [-0.2, 0) is 4.74 Å². The van der Waals surface area contributed by atoms with Crippen LogP contribution in [0.4, 0.5) is 26.1 Å². The van der Waals surface area contributed by atoms with Crippen molar-refractivity contribution in [2.45, 2.75) is 43.7 Å². The molecule has 1 aliphatic heterocycles. The number of anilines is 3. The van der Waals surface area contributed by atoms with Gasteiger partial charge in [0.2, 0.25) is 0 Å². The molecule has 0 bridgehead atoms. The molecule has 1 atom stereocenters. The fourth-order valence-corrected chi connectivity index (χ4v) is 4.28. The molecule has 10 nitrogen and oxygen atoms in total. The van der Waals surface area contributed by atoms with Crippen molar-refractivity contribution in [3.05, 3.63) is 46.5 Å². The zero-order valence-electron chi connectivity index (χ0n) is 18.6. The molecule has 34 heavy (non-hydrogen) atoms. The molecule has 1 saturated carbocycles. The Morgan fingerprint density at radius 3 is 2.74 bits per heavy atom. The zero-order valence-corrected chi connectivity index (χ0v) is 18.6. The predicted octanol–water partition coefficient (Wildman–Crippen LogP) is 2.56. The Hall–Kier alpha value is -3.54. The van der Waals surface area contributed by atoms with Gasteiger partial charge in [-0.25, -0.2) is 13.8 Å². The van der Waals surface area contributed by atoms with Gasteiger partial charge in [0, 0.05) is 45.0 Å². The third-order valence-corrected chi connectivity index (χ3v) is 6.38. The van der Waals surface area contributed by atoms with E-state index in [9.17, 15) is 18.4 Å². The number of nitrogens with one attached hydrogen (secondary N) is 3. The second kappa shape index (κ2) is 8.67. The molecule has 1 aliphatic carbocycles. The van der Waals surface area contributed by atoms with E-state index in [0.29, 0.717) is 30.5 Å². The maximum atomic E-state index is 13.6. The number of alkyl halides is 2. The molecule has 0 spiro atoms. The van der Waals surface area contributed by atoms with Crippen molar-refractivity contribution in [2.24, 2.45) is 0 Å². The van der Waals surface area contributed by atoms with Crippen molar-refractivity contribution in [3.8, 4) is 0 Å². The van der Waals surface area contributed by atoms with Gasteiger partial charge in [-0.3, -0.25) is 9.59 Å². The van der Waals surface area contributed by atoms with E-state index >= 15 is 0 Å². The van der Waals surface area contributed by atoms with E-state index < -0.39 is 17.9 Å². The normalized spacial score (nSPS) is 20.0. The van der Waals surface area contributed by atoms with Gasteiger partial charge in [-0.2, -0.15) is 9.61 Å². The summed E-state index contributed by atoms with van der Waals surface area (Å²) in [6, 6.07) is 3.94. The summed E-state index contributed by atoms with van der Waals surface area (Å²) in [5.41, 5.74) is 0.374. The number of aromatic nitrogens is 4. The topological polar surface area (TPSA) is 115 Å². The summed E-state index contributed by atoms with van der Waals surface area (Å²) >= 11 is 0. The van der Waals surface area contributed by atoms with E-state index in [4.69, 9.17) is 4.74 Å². The lowest BCUT2D eigenvalue weighted by atomic mass is 9.88. The molecule has 3 aromatic heterocycles. The molecule has 0 radical (unpaired) electrons. The number of fused-ring (bicyclic) bond motifs is 1. The van der Waals surface area contributed by atoms with Crippen molar-refractivity contribution in [3.63, 3.8) is 0 Å². The molecular formula is C22H25F2N7O3. The van der Waals surface area contributed by atoms with Gasteiger partial charge in [0.25, 0.3) is 17.4 Å². The molecule has 1 unspecified atom stereocenters. The zero-order chi connectivity index (χ0) is 23.9. The molecule has 1 saturated heterocycles. The lowest BCUT2D eigenvalue weighted by Gasteiger charge is -2.36. The molecular weight excluding hydrogens is 448 g/mol. The molecule has 12 heteroatoms. The molecule has 0 aromatic carbocycles. The van der Waals surface area contributed by atoms with Crippen molar-refractivity contribution < 1.29 is 18.3 Å². The lowest BCUT2D eigenvalue weighted by molar-refractivity contribution is -0.102. The van der Waals surface area contributed by atoms with E-state index in [1.807, 2.05) is 0 Å². The van der Waals surface area contributed by atoms with Gasteiger partial charge in [0.05, 0.1) is 12.2 Å². The number of halogens is 2. The summed E-state index contributed by atoms with van der Waals surface area (Å²) in [4.78, 5) is 30.3. The van der Waals surface area contributed by atoms with E-state index in [1.54, 1.807) is 36.0 Å². The summed E-state index contributed by atoms with van der Waals surface area (Å²) in [6.45, 7) is 1.22. The Balaban J connectivity index is 1.46. The molecule has 1 amide bonds. The molecule has 3 aromatic rings. The Labute approximate surface area is 193 Å². The van der Waals surface area contributed by atoms with E-state index in [2.05, 4.69) is 26.0 Å². The standard InChI is InChI=1S/C22H25F2N7O3/c1-25-18-11-17(27-15-3-2-8-30(21(15)33)13-5-9-34-10-6-13)29-19-14(12-26-31(18)19)20(32)28-16-4-7-22(16,23)24/h2-3,8,11-13,16,25H,4-7,9-10H2,1H3,(H,27,29)(H,28,32). The fourth-order valence-electron chi connectivity index (χ4n) is 4.28. The Morgan fingerprint density at radius 2 is 2.06 bits per heavy atom. The minimum Gasteiger partial charge on any atom is -0.381 e. The molecule has 5 rings (SSSR count). The number of hydrogen-bond acceptors (Lipinski definition) is 7. The first-order valence-electron chi connectivity index (χ1n) is 11.2. The third kappa shape index (κ3) is 3.98. The quantitative estimate of drug-likeness (QED) is 0.504. The number of pyridine rings is 1. The number of rotatable bonds is 6. The maximum absolute atomic E-state index is 13.6. The van der Waals surface area contributed by atoms with Gasteiger partial charge in [-0.05, 0) is 31.4 Å². The molecule has 2 fully saturated rings. The highest BCUT2D eigenvalue weighted by molar-refractivity contribution is 6.00. The average molecular weight is 473 g/mol. The van der Waals surface area contributed by atoms with Crippen molar-refractivity contribution in [1.82, 2.24) is 24.5 Å². The summed E-state index contributed by atoms with van der Waals surface area (Å²) in [6.07, 6.45) is 4.53. The Morgan fingerprint density at radius 1 is 1.26 bits per heavy atom. The largest absolute Gasteiger partial charge is 0.381 e. The second-order valence-electron chi connectivity index (χ2n) is 8.50. The van der Waals surface area contributed by atoms with Crippen molar-refractivity contribution in [2.75, 3.05) is 30.9 Å². The number of ether oxygens (including phenoxy) is 1. The monoisotopic (exact) mass is 473 g/mol. The maximum Gasteiger partial charge on any atom is 0.274 e. The Bertz CT molecular complexity index is 1280. The van der Waals surface area contributed by atoms with Crippen LogP contribution in [0.15, 0.2) is 35.4 Å². The van der Waals surface area contributed by atoms with Gasteiger partial charge in [-0.1, -0.05) is 0 Å². The fraction of sp³-hybridized carbons (Fsp3) is 0.455. The number of carbonyl (C=O) groups excluding carboxylic acids is 1. The smallest absolute Gasteiger partial charge is 0.274 e. The predicted molar refractivity (Wildman–Crippen MR) is 121 cm³/mol. The first-order chi connectivity index (χ1) is 16.4. The van der Waals surface area contributed by atoms with Crippen LogP contribution in [0.3, 0.4) is 0 Å². The summed E-state index contributed by atoms with van der Waals surface area (Å²) in [7, 11) is 1.68. The Kier molecular flexibility index (Phi) is 5.68. The first kappa shape index (κ1) is 22.3.